The molecule has 0 unspecified atom stereocenters. The monoisotopic (exact) mass is 622 g/mol. The maximum absolute atomic E-state index is 12.8. The third kappa shape index (κ3) is 7.15. The molecule has 0 atom stereocenters. The maximum atomic E-state index is 12.8. The summed E-state index contributed by atoms with van der Waals surface area (Å²) in [6.45, 7) is 7.63. The normalized spacial score (nSPS) is 18.0. The first-order valence-corrected chi connectivity index (χ1v) is 14.9. The van der Waals surface area contributed by atoms with Gasteiger partial charge in [0.2, 0.25) is 0 Å². The summed E-state index contributed by atoms with van der Waals surface area (Å²) >= 11 is 6.76. The summed E-state index contributed by atoms with van der Waals surface area (Å²) in [4.78, 5) is 21.4. The minimum absolute atomic E-state index is 0. The van der Waals surface area contributed by atoms with Gasteiger partial charge < -0.3 is 25.0 Å². The maximum Gasteiger partial charge on any atom is 0.252 e. The predicted octanol–water partition coefficient (Wildman–Crippen LogP) is 6.03. The number of benzene rings is 2. The molecule has 41 heavy (non-hydrogen) atoms. The summed E-state index contributed by atoms with van der Waals surface area (Å²) < 4.78 is 6.21. The van der Waals surface area contributed by atoms with Gasteiger partial charge in [0.15, 0.2) is 0 Å². The van der Waals surface area contributed by atoms with Gasteiger partial charge in [-0.25, -0.2) is 0 Å². The van der Waals surface area contributed by atoms with E-state index in [4.69, 9.17) is 16.3 Å². The van der Waals surface area contributed by atoms with E-state index in [-0.39, 0.29) is 30.7 Å². The van der Waals surface area contributed by atoms with Crippen molar-refractivity contribution in [2.45, 2.75) is 51.6 Å². The second kappa shape index (κ2) is 14.5. The molecule has 0 bridgehead atoms. The molecular formula is C31H41Cl3N4O3. The van der Waals surface area contributed by atoms with Gasteiger partial charge in [0, 0.05) is 54.0 Å². The Morgan fingerprint density at radius 1 is 1.00 bits per heavy atom. The molecule has 4 heterocycles. The average Bonchev–Trinajstić information content (AvgIpc) is 3.57. The second-order valence-corrected chi connectivity index (χ2v) is 11.8. The first-order chi connectivity index (χ1) is 19.1. The van der Waals surface area contributed by atoms with Crippen LogP contribution in [0.1, 0.15) is 60.0 Å². The van der Waals surface area contributed by atoms with Gasteiger partial charge >= 0.3 is 0 Å². The zero-order chi connectivity index (χ0) is 26.8. The van der Waals surface area contributed by atoms with Gasteiger partial charge in [0.25, 0.3) is 5.91 Å². The van der Waals surface area contributed by atoms with Crippen LogP contribution in [0.5, 0.6) is 5.75 Å². The van der Waals surface area contributed by atoms with E-state index >= 15 is 0 Å². The van der Waals surface area contributed by atoms with Crippen LogP contribution in [0.2, 0.25) is 5.02 Å². The lowest BCUT2D eigenvalue weighted by Crippen LogP contribution is -2.35. The highest BCUT2D eigenvalue weighted by Crippen LogP contribution is 2.41. The predicted molar refractivity (Wildman–Crippen MR) is 170 cm³/mol. The Labute approximate surface area is 259 Å². The molecule has 3 N–H and O–H groups in total. The third-order valence-corrected chi connectivity index (χ3v) is 9.07. The highest BCUT2D eigenvalue weighted by molar-refractivity contribution is 6.34. The second-order valence-electron chi connectivity index (χ2n) is 11.4. The smallest absolute Gasteiger partial charge is 0.252 e. The Morgan fingerprint density at radius 3 is 2.54 bits per heavy atom. The fourth-order valence-electron chi connectivity index (χ4n) is 6.35. The van der Waals surface area contributed by atoms with E-state index in [1.54, 1.807) is 0 Å². The number of amides is 1. The van der Waals surface area contributed by atoms with Gasteiger partial charge in [0.05, 0.1) is 17.2 Å². The Balaban J connectivity index is 0.00000194. The lowest BCUT2D eigenvalue weighted by molar-refractivity contribution is 0.0966. The first kappa shape index (κ1) is 31.9. The summed E-state index contributed by atoms with van der Waals surface area (Å²) in [5.41, 5.74) is 5.56. The molecule has 2 aromatic carbocycles. The van der Waals surface area contributed by atoms with Crippen LogP contribution in [-0.4, -0.2) is 71.7 Å². The molecule has 0 radical (unpaired) electrons. The first-order valence-electron chi connectivity index (χ1n) is 14.5. The number of carbonyl (C=O) groups is 1. The number of hydrogen-bond acceptors (Lipinski definition) is 5. The van der Waals surface area contributed by atoms with Gasteiger partial charge in [-0.3, -0.25) is 9.69 Å². The molecule has 3 aliphatic heterocycles. The number of aromatic amines is 1. The number of aromatic nitrogens is 1. The number of halogens is 3. The molecule has 1 aromatic heterocycles. The molecule has 6 rings (SSSR count). The molecule has 3 aliphatic rings. The van der Waals surface area contributed by atoms with Gasteiger partial charge in [-0.05, 0) is 94.0 Å². The van der Waals surface area contributed by atoms with Crippen molar-refractivity contribution in [3.63, 3.8) is 0 Å². The molecule has 1 amide bonds. The van der Waals surface area contributed by atoms with Gasteiger partial charge in [-0.15, -0.1) is 24.8 Å². The number of likely N-dealkylation sites (tertiary alicyclic amines) is 2. The number of aliphatic hydroxyl groups is 1. The van der Waals surface area contributed by atoms with Crippen molar-refractivity contribution in [3.8, 4) is 17.0 Å². The molecule has 2 fully saturated rings. The van der Waals surface area contributed by atoms with E-state index in [9.17, 15) is 9.90 Å². The molecule has 3 aromatic rings. The molecule has 2 saturated heterocycles. The van der Waals surface area contributed by atoms with Crippen molar-refractivity contribution in [1.82, 2.24) is 20.1 Å². The number of hydrogen-bond donors (Lipinski definition) is 3. The summed E-state index contributed by atoms with van der Waals surface area (Å²) in [6.07, 6.45) is 6.93. The van der Waals surface area contributed by atoms with E-state index in [2.05, 4.69) is 44.4 Å². The summed E-state index contributed by atoms with van der Waals surface area (Å²) in [5, 5.41) is 14.0. The molecule has 224 valence electrons. The standard InChI is InChI=1S/C31H39ClN4O3.2ClH/c32-30-25-18-33-31(38)29(25)24(17-28(30)39-14-4-11-35-12-7-21(20-37)8-13-35)27-16-23-15-22(5-6-26(23)34-27)19-36-9-2-1-3-10-36;;/h5-6,15-17,21,34,37H,1-4,7-14,18-20H2,(H,33,38);2*1H. The summed E-state index contributed by atoms with van der Waals surface area (Å²) in [5.74, 6) is 0.984. The average molecular weight is 624 g/mol. The molecule has 0 aliphatic carbocycles. The number of piperidine rings is 2. The zero-order valence-corrected chi connectivity index (χ0v) is 25.8. The number of fused-ring (bicyclic) bond motifs is 2. The molecule has 0 spiro atoms. The van der Waals surface area contributed by atoms with Crippen LogP contribution >= 0.6 is 36.4 Å². The van der Waals surface area contributed by atoms with Gasteiger partial charge in [-0.2, -0.15) is 0 Å². The van der Waals surface area contributed by atoms with Crippen LogP contribution in [0.15, 0.2) is 30.3 Å². The van der Waals surface area contributed by atoms with Crippen LogP contribution in [0.3, 0.4) is 0 Å². The Morgan fingerprint density at radius 2 is 1.78 bits per heavy atom. The molecular weight excluding hydrogens is 583 g/mol. The summed E-state index contributed by atoms with van der Waals surface area (Å²) in [6, 6.07) is 10.7. The van der Waals surface area contributed by atoms with E-state index in [1.807, 2.05) is 6.07 Å². The zero-order valence-electron chi connectivity index (χ0n) is 23.4. The highest BCUT2D eigenvalue weighted by Gasteiger charge is 2.29. The lowest BCUT2D eigenvalue weighted by atomic mass is 9.98. The van der Waals surface area contributed by atoms with Crippen LogP contribution < -0.4 is 10.1 Å². The number of nitrogens with zero attached hydrogens (tertiary/aromatic N) is 2. The molecule has 7 nitrogen and oxygen atoms in total. The van der Waals surface area contributed by atoms with E-state index in [1.165, 1.54) is 37.9 Å². The van der Waals surface area contributed by atoms with Crippen molar-refractivity contribution in [2.75, 3.05) is 45.9 Å². The Hall–Kier alpha value is -2.00. The Bertz CT molecular complexity index is 1330. The number of ether oxygens (including phenoxy) is 1. The number of H-pyrrole nitrogens is 1. The van der Waals surface area contributed by atoms with Crippen molar-refractivity contribution >= 4 is 53.2 Å². The van der Waals surface area contributed by atoms with Crippen molar-refractivity contribution in [2.24, 2.45) is 5.92 Å². The largest absolute Gasteiger partial charge is 0.492 e. The SMILES string of the molecule is Cl.Cl.O=C1NCc2c(Cl)c(OCCCN3CCC(CO)CC3)cc(-c3cc4cc(CN5CCCCC5)ccc4[nH]3)c21. The lowest BCUT2D eigenvalue weighted by Gasteiger charge is -2.30. The van der Waals surface area contributed by atoms with E-state index in [0.29, 0.717) is 42.0 Å². The van der Waals surface area contributed by atoms with E-state index < -0.39 is 0 Å². The van der Waals surface area contributed by atoms with Crippen LogP contribution in [-0.2, 0) is 13.1 Å². The number of carbonyl (C=O) groups excluding carboxylic acids is 1. The third-order valence-electron chi connectivity index (χ3n) is 8.65. The van der Waals surface area contributed by atoms with Crippen LogP contribution in [0, 0.1) is 5.92 Å². The molecule has 10 heteroatoms. The molecule has 0 saturated carbocycles. The van der Waals surface area contributed by atoms with Crippen molar-refractivity contribution in [1.29, 1.82) is 0 Å². The topological polar surface area (TPSA) is 80.8 Å². The number of aliphatic hydroxyl groups excluding tert-OH is 1. The minimum Gasteiger partial charge on any atom is -0.492 e. The van der Waals surface area contributed by atoms with Crippen molar-refractivity contribution in [3.05, 3.63) is 52.0 Å². The van der Waals surface area contributed by atoms with Gasteiger partial charge in [-0.1, -0.05) is 24.1 Å². The number of rotatable bonds is 9. The Kier molecular flexibility index (Phi) is 11.3. The fourth-order valence-corrected chi connectivity index (χ4v) is 6.62. The van der Waals surface area contributed by atoms with E-state index in [0.717, 1.165) is 73.2 Å². The van der Waals surface area contributed by atoms with Crippen molar-refractivity contribution < 1.29 is 14.6 Å². The fraction of sp³-hybridized carbons (Fsp3) is 0.516. The highest BCUT2D eigenvalue weighted by atomic mass is 35.5. The summed E-state index contributed by atoms with van der Waals surface area (Å²) in [7, 11) is 0. The van der Waals surface area contributed by atoms with Crippen LogP contribution in [0.4, 0.5) is 0 Å². The minimum atomic E-state index is -0.0934. The quantitative estimate of drug-likeness (QED) is 0.254. The van der Waals surface area contributed by atoms with Crippen LogP contribution in [0.25, 0.3) is 22.2 Å². The number of nitrogens with one attached hydrogen (secondary N) is 2. The van der Waals surface area contributed by atoms with Gasteiger partial charge in [0.1, 0.15) is 5.75 Å².